The molecule has 3 heteroatoms. The molecule has 1 atom stereocenters. The molecule has 0 aromatic heterocycles. The standard InChI is InChI=1S/C15H23NO2/c1-3-8-16(9-4-2)12-10-13-14(17)6-5-7-15(13)18-11-12/h5-7,12,17H,3-4,8-11H2,1-2H3/t12-/m0/s1. The Balaban J connectivity index is 2.12. The molecule has 18 heavy (non-hydrogen) atoms. The molecule has 1 aliphatic heterocycles. The van der Waals surface area contributed by atoms with E-state index in [1.165, 1.54) is 0 Å². The number of hydrogen-bond donors (Lipinski definition) is 1. The van der Waals surface area contributed by atoms with Gasteiger partial charge in [-0.05, 0) is 44.5 Å². The minimum atomic E-state index is 0.366. The lowest BCUT2D eigenvalue weighted by atomic mass is 10.00. The van der Waals surface area contributed by atoms with Crippen LogP contribution < -0.4 is 4.74 Å². The van der Waals surface area contributed by atoms with Gasteiger partial charge in [0.25, 0.3) is 0 Å². The quantitative estimate of drug-likeness (QED) is 0.871. The van der Waals surface area contributed by atoms with Gasteiger partial charge < -0.3 is 9.84 Å². The van der Waals surface area contributed by atoms with Gasteiger partial charge in [0.1, 0.15) is 18.1 Å². The van der Waals surface area contributed by atoms with Crippen LogP contribution >= 0.6 is 0 Å². The van der Waals surface area contributed by atoms with Crippen LogP contribution in [-0.2, 0) is 6.42 Å². The molecular weight excluding hydrogens is 226 g/mol. The van der Waals surface area contributed by atoms with E-state index in [1.54, 1.807) is 6.07 Å². The topological polar surface area (TPSA) is 32.7 Å². The van der Waals surface area contributed by atoms with Crippen LogP contribution in [0.1, 0.15) is 32.3 Å². The van der Waals surface area contributed by atoms with Crippen LogP contribution in [0.4, 0.5) is 0 Å². The highest BCUT2D eigenvalue weighted by atomic mass is 16.5. The molecule has 3 nitrogen and oxygen atoms in total. The first-order valence-corrected chi connectivity index (χ1v) is 6.94. The average Bonchev–Trinajstić information content (AvgIpc) is 2.39. The number of hydrogen-bond acceptors (Lipinski definition) is 3. The molecule has 1 aliphatic rings. The molecule has 1 heterocycles. The van der Waals surface area contributed by atoms with Crippen molar-refractivity contribution in [2.45, 2.75) is 39.2 Å². The number of nitrogens with zero attached hydrogens (tertiary/aromatic N) is 1. The van der Waals surface area contributed by atoms with Gasteiger partial charge in [0.05, 0.1) is 0 Å². The molecule has 1 N–H and O–H groups in total. The Labute approximate surface area is 109 Å². The van der Waals surface area contributed by atoms with Crippen LogP contribution in [0.2, 0.25) is 0 Å². The van der Waals surface area contributed by atoms with Crippen molar-refractivity contribution in [1.82, 2.24) is 4.90 Å². The summed E-state index contributed by atoms with van der Waals surface area (Å²) >= 11 is 0. The van der Waals surface area contributed by atoms with Crippen molar-refractivity contribution < 1.29 is 9.84 Å². The van der Waals surface area contributed by atoms with E-state index in [0.717, 1.165) is 50.3 Å². The Hall–Kier alpha value is -1.22. The fourth-order valence-corrected chi connectivity index (χ4v) is 2.66. The lowest BCUT2D eigenvalue weighted by Crippen LogP contribution is -2.43. The normalized spacial score (nSPS) is 18.5. The van der Waals surface area contributed by atoms with E-state index in [4.69, 9.17) is 4.74 Å². The van der Waals surface area contributed by atoms with Gasteiger partial charge in [-0.25, -0.2) is 0 Å². The Morgan fingerprint density at radius 3 is 2.67 bits per heavy atom. The monoisotopic (exact) mass is 249 g/mol. The largest absolute Gasteiger partial charge is 0.508 e. The van der Waals surface area contributed by atoms with Crippen molar-refractivity contribution in [2.24, 2.45) is 0 Å². The van der Waals surface area contributed by atoms with Crippen LogP contribution in [0.5, 0.6) is 11.5 Å². The number of benzene rings is 1. The summed E-state index contributed by atoms with van der Waals surface area (Å²) in [4.78, 5) is 2.48. The molecule has 0 fully saturated rings. The third kappa shape index (κ3) is 2.78. The van der Waals surface area contributed by atoms with E-state index in [0.29, 0.717) is 11.8 Å². The van der Waals surface area contributed by atoms with Crippen molar-refractivity contribution >= 4 is 0 Å². The van der Waals surface area contributed by atoms with E-state index in [1.807, 2.05) is 12.1 Å². The van der Waals surface area contributed by atoms with Gasteiger partial charge in [0.2, 0.25) is 0 Å². The highest BCUT2D eigenvalue weighted by Gasteiger charge is 2.26. The first-order valence-electron chi connectivity index (χ1n) is 6.94. The summed E-state index contributed by atoms with van der Waals surface area (Å²) in [7, 11) is 0. The Bertz CT molecular complexity index is 386. The number of phenolic OH excluding ortho intramolecular Hbond substituents is 1. The number of aromatic hydroxyl groups is 1. The van der Waals surface area contributed by atoms with Crippen molar-refractivity contribution in [3.05, 3.63) is 23.8 Å². The summed E-state index contributed by atoms with van der Waals surface area (Å²) in [6, 6.07) is 5.92. The summed E-state index contributed by atoms with van der Waals surface area (Å²) < 4.78 is 5.79. The summed E-state index contributed by atoms with van der Waals surface area (Å²) in [6.07, 6.45) is 3.20. The summed E-state index contributed by atoms with van der Waals surface area (Å²) in [5.74, 6) is 1.21. The first-order chi connectivity index (χ1) is 8.76. The molecule has 0 amide bonds. The summed E-state index contributed by atoms with van der Waals surface area (Å²) in [6.45, 7) is 7.35. The van der Waals surface area contributed by atoms with Crippen molar-refractivity contribution in [3.8, 4) is 11.5 Å². The molecule has 100 valence electrons. The predicted molar refractivity (Wildman–Crippen MR) is 73.2 cm³/mol. The second-order valence-corrected chi connectivity index (χ2v) is 4.96. The molecule has 0 bridgehead atoms. The lowest BCUT2D eigenvalue weighted by Gasteiger charge is -2.35. The molecule has 0 aliphatic carbocycles. The smallest absolute Gasteiger partial charge is 0.126 e. The maximum atomic E-state index is 9.92. The molecule has 0 saturated carbocycles. The number of rotatable bonds is 5. The van der Waals surface area contributed by atoms with Crippen LogP contribution in [0, 0.1) is 0 Å². The SMILES string of the molecule is CCCN(CCC)[C@@H]1COc2cccc(O)c2C1. The van der Waals surface area contributed by atoms with E-state index in [2.05, 4.69) is 18.7 Å². The van der Waals surface area contributed by atoms with Gasteiger partial charge in [0, 0.05) is 11.6 Å². The van der Waals surface area contributed by atoms with Crippen molar-refractivity contribution in [2.75, 3.05) is 19.7 Å². The molecule has 1 aromatic carbocycles. The lowest BCUT2D eigenvalue weighted by molar-refractivity contribution is 0.118. The third-order valence-electron chi connectivity index (χ3n) is 3.52. The average molecular weight is 249 g/mol. The zero-order valence-corrected chi connectivity index (χ0v) is 11.4. The van der Waals surface area contributed by atoms with E-state index >= 15 is 0 Å². The molecule has 0 radical (unpaired) electrons. The Morgan fingerprint density at radius 2 is 2.00 bits per heavy atom. The molecular formula is C15H23NO2. The second kappa shape index (κ2) is 6.10. The first kappa shape index (κ1) is 13.2. The van der Waals surface area contributed by atoms with Crippen molar-refractivity contribution in [1.29, 1.82) is 0 Å². The molecule has 0 saturated heterocycles. The van der Waals surface area contributed by atoms with Crippen LogP contribution in [0.15, 0.2) is 18.2 Å². The third-order valence-corrected chi connectivity index (χ3v) is 3.52. The van der Waals surface area contributed by atoms with Gasteiger partial charge in [-0.1, -0.05) is 19.9 Å². The number of phenols is 1. The maximum absolute atomic E-state index is 9.92. The Morgan fingerprint density at radius 1 is 1.28 bits per heavy atom. The van der Waals surface area contributed by atoms with Crippen molar-refractivity contribution in [3.63, 3.8) is 0 Å². The van der Waals surface area contributed by atoms with E-state index in [9.17, 15) is 5.11 Å². The number of fused-ring (bicyclic) bond motifs is 1. The van der Waals surface area contributed by atoms with Crippen LogP contribution in [0.25, 0.3) is 0 Å². The second-order valence-electron chi connectivity index (χ2n) is 4.96. The zero-order valence-electron chi connectivity index (χ0n) is 11.4. The van der Waals surface area contributed by atoms with Gasteiger partial charge in [-0.15, -0.1) is 0 Å². The summed E-state index contributed by atoms with van der Waals surface area (Å²) in [5.41, 5.74) is 0.964. The van der Waals surface area contributed by atoms with E-state index < -0.39 is 0 Å². The predicted octanol–water partition coefficient (Wildman–Crippen LogP) is 2.82. The van der Waals surface area contributed by atoms with Gasteiger partial charge >= 0.3 is 0 Å². The number of ether oxygens (including phenoxy) is 1. The highest BCUT2D eigenvalue weighted by Crippen LogP contribution is 2.33. The van der Waals surface area contributed by atoms with Gasteiger partial charge in [0.15, 0.2) is 0 Å². The van der Waals surface area contributed by atoms with E-state index in [-0.39, 0.29) is 0 Å². The van der Waals surface area contributed by atoms with Gasteiger partial charge in [-0.2, -0.15) is 0 Å². The maximum Gasteiger partial charge on any atom is 0.126 e. The molecule has 1 aromatic rings. The summed E-state index contributed by atoms with van der Waals surface area (Å²) in [5, 5.41) is 9.92. The minimum Gasteiger partial charge on any atom is -0.508 e. The molecule has 0 unspecified atom stereocenters. The molecule has 0 spiro atoms. The minimum absolute atomic E-state index is 0.366. The zero-order chi connectivity index (χ0) is 13.0. The fourth-order valence-electron chi connectivity index (χ4n) is 2.66. The van der Waals surface area contributed by atoms with Gasteiger partial charge in [-0.3, -0.25) is 4.90 Å². The Kier molecular flexibility index (Phi) is 4.48. The fraction of sp³-hybridized carbons (Fsp3) is 0.600. The highest BCUT2D eigenvalue weighted by molar-refractivity contribution is 5.45. The molecule has 2 rings (SSSR count). The van der Waals surface area contributed by atoms with Crippen LogP contribution in [-0.4, -0.2) is 35.7 Å². The van der Waals surface area contributed by atoms with Crippen LogP contribution in [0.3, 0.4) is 0 Å².